The van der Waals surface area contributed by atoms with E-state index < -0.39 is 0 Å². The number of para-hydroxylation sites is 1. The van der Waals surface area contributed by atoms with Crippen LogP contribution in [0.4, 0.5) is 5.82 Å². The number of ether oxygens (including phenoxy) is 2. The number of nitrogens with one attached hydrogen (secondary N) is 1. The standard InChI is InChI=1S/C22H28N4O2S/c1-14-16(3)29-22-20(14)21(23-15(2)17-7-5-6-8-18(17)27-4)24-19(25-22)13-26-9-11-28-12-10-26/h5-8,15H,9-13H2,1-4H3,(H,23,24,25). The van der Waals surface area contributed by atoms with Crippen molar-refractivity contribution >= 4 is 27.4 Å². The van der Waals surface area contributed by atoms with E-state index in [1.54, 1.807) is 18.4 Å². The highest BCUT2D eigenvalue weighted by atomic mass is 32.1. The van der Waals surface area contributed by atoms with Gasteiger partial charge in [-0.2, -0.15) is 0 Å². The fourth-order valence-corrected chi connectivity index (χ4v) is 4.78. The SMILES string of the molecule is COc1ccccc1C(C)Nc1nc(CN2CCOCC2)nc2sc(C)c(C)c12. The molecule has 7 heteroatoms. The number of aryl methyl sites for hydroxylation is 2. The summed E-state index contributed by atoms with van der Waals surface area (Å²) in [4.78, 5) is 14.5. The summed E-state index contributed by atoms with van der Waals surface area (Å²) in [5, 5.41) is 4.77. The van der Waals surface area contributed by atoms with Crippen molar-refractivity contribution in [1.82, 2.24) is 14.9 Å². The van der Waals surface area contributed by atoms with Gasteiger partial charge in [-0.05, 0) is 32.4 Å². The van der Waals surface area contributed by atoms with Crippen LogP contribution in [-0.4, -0.2) is 48.3 Å². The maximum atomic E-state index is 5.55. The molecule has 154 valence electrons. The summed E-state index contributed by atoms with van der Waals surface area (Å²) >= 11 is 1.74. The molecule has 0 radical (unpaired) electrons. The number of thiophene rings is 1. The van der Waals surface area contributed by atoms with Crippen LogP contribution in [-0.2, 0) is 11.3 Å². The highest BCUT2D eigenvalue weighted by molar-refractivity contribution is 7.18. The minimum atomic E-state index is 0.0556. The number of methoxy groups -OCH3 is 1. The second-order valence-electron chi connectivity index (χ2n) is 7.45. The summed E-state index contributed by atoms with van der Waals surface area (Å²) in [6.45, 7) is 10.6. The average Bonchev–Trinajstić information content (AvgIpc) is 3.02. The number of benzene rings is 1. The minimum absolute atomic E-state index is 0.0556. The minimum Gasteiger partial charge on any atom is -0.496 e. The smallest absolute Gasteiger partial charge is 0.146 e. The molecule has 0 spiro atoms. The molecule has 1 atom stereocenters. The highest BCUT2D eigenvalue weighted by Crippen LogP contribution is 2.36. The van der Waals surface area contributed by atoms with E-state index in [4.69, 9.17) is 19.4 Å². The zero-order valence-electron chi connectivity index (χ0n) is 17.5. The lowest BCUT2D eigenvalue weighted by molar-refractivity contribution is 0.0331. The van der Waals surface area contributed by atoms with Crippen molar-refractivity contribution in [2.75, 3.05) is 38.7 Å². The van der Waals surface area contributed by atoms with E-state index in [1.165, 1.54) is 10.4 Å². The molecule has 29 heavy (non-hydrogen) atoms. The Labute approximate surface area is 175 Å². The van der Waals surface area contributed by atoms with E-state index in [2.05, 4.69) is 37.1 Å². The van der Waals surface area contributed by atoms with Crippen LogP contribution < -0.4 is 10.1 Å². The summed E-state index contributed by atoms with van der Waals surface area (Å²) in [5.41, 5.74) is 2.36. The van der Waals surface area contributed by atoms with E-state index in [9.17, 15) is 0 Å². The first kappa shape index (κ1) is 20.1. The lowest BCUT2D eigenvalue weighted by Crippen LogP contribution is -2.36. The van der Waals surface area contributed by atoms with Gasteiger partial charge in [0.2, 0.25) is 0 Å². The molecule has 0 saturated carbocycles. The van der Waals surface area contributed by atoms with Gasteiger partial charge in [0.1, 0.15) is 22.2 Å². The van der Waals surface area contributed by atoms with Crippen LogP contribution in [0.5, 0.6) is 5.75 Å². The van der Waals surface area contributed by atoms with E-state index >= 15 is 0 Å². The van der Waals surface area contributed by atoms with Crippen molar-refractivity contribution in [3.63, 3.8) is 0 Å². The summed E-state index contributed by atoms with van der Waals surface area (Å²) in [6, 6.07) is 8.17. The predicted molar refractivity (Wildman–Crippen MR) is 118 cm³/mol. The Kier molecular flexibility index (Phi) is 5.99. The fraction of sp³-hybridized carbons (Fsp3) is 0.455. The van der Waals surface area contributed by atoms with Crippen LogP contribution in [0.15, 0.2) is 24.3 Å². The first-order chi connectivity index (χ1) is 14.1. The van der Waals surface area contributed by atoms with Gasteiger partial charge in [-0.25, -0.2) is 9.97 Å². The molecule has 3 heterocycles. The largest absolute Gasteiger partial charge is 0.496 e. The molecule has 1 aromatic carbocycles. The van der Waals surface area contributed by atoms with Gasteiger partial charge in [-0.1, -0.05) is 18.2 Å². The molecule has 0 bridgehead atoms. The Hall–Kier alpha value is -2.22. The third kappa shape index (κ3) is 4.22. The first-order valence-electron chi connectivity index (χ1n) is 10.0. The summed E-state index contributed by atoms with van der Waals surface area (Å²) < 4.78 is 11.0. The van der Waals surface area contributed by atoms with E-state index in [0.29, 0.717) is 0 Å². The number of nitrogens with zero attached hydrogens (tertiary/aromatic N) is 3. The maximum Gasteiger partial charge on any atom is 0.146 e. The molecule has 1 aliphatic heterocycles. The predicted octanol–water partition coefficient (Wildman–Crippen LogP) is 4.32. The third-order valence-electron chi connectivity index (χ3n) is 5.50. The van der Waals surface area contributed by atoms with Crippen LogP contribution in [0, 0.1) is 13.8 Å². The molecule has 0 aliphatic carbocycles. The van der Waals surface area contributed by atoms with Crippen molar-refractivity contribution in [2.45, 2.75) is 33.4 Å². The summed E-state index contributed by atoms with van der Waals surface area (Å²) in [6.07, 6.45) is 0. The molecule has 3 aromatic rings. The molecule has 1 N–H and O–H groups in total. The zero-order valence-corrected chi connectivity index (χ0v) is 18.3. The van der Waals surface area contributed by atoms with Gasteiger partial charge in [0, 0.05) is 23.5 Å². The van der Waals surface area contributed by atoms with E-state index in [-0.39, 0.29) is 6.04 Å². The molecule has 1 unspecified atom stereocenters. The quantitative estimate of drug-likeness (QED) is 0.651. The lowest BCUT2D eigenvalue weighted by atomic mass is 10.1. The summed E-state index contributed by atoms with van der Waals surface area (Å²) in [7, 11) is 1.71. The Morgan fingerprint density at radius 1 is 1.21 bits per heavy atom. The highest BCUT2D eigenvalue weighted by Gasteiger charge is 2.20. The van der Waals surface area contributed by atoms with Gasteiger partial charge in [0.05, 0.1) is 38.3 Å². The number of anilines is 1. The number of aromatic nitrogens is 2. The Balaban J connectivity index is 1.69. The number of hydrogen-bond acceptors (Lipinski definition) is 7. The molecule has 6 nitrogen and oxygen atoms in total. The number of hydrogen-bond donors (Lipinski definition) is 1. The van der Waals surface area contributed by atoms with Crippen LogP contribution >= 0.6 is 11.3 Å². The Morgan fingerprint density at radius 3 is 2.72 bits per heavy atom. The molecular formula is C22H28N4O2S. The van der Waals surface area contributed by atoms with Gasteiger partial charge in [0.25, 0.3) is 0 Å². The second kappa shape index (κ2) is 8.65. The third-order valence-corrected chi connectivity index (χ3v) is 6.60. The zero-order chi connectivity index (χ0) is 20.4. The van der Waals surface area contributed by atoms with Crippen molar-refractivity contribution in [1.29, 1.82) is 0 Å². The first-order valence-corrected chi connectivity index (χ1v) is 10.8. The van der Waals surface area contributed by atoms with Gasteiger partial charge in [-0.15, -0.1) is 11.3 Å². The topological polar surface area (TPSA) is 59.5 Å². The van der Waals surface area contributed by atoms with Gasteiger partial charge in [0.15, 0.2) is 0 Å². The number of fused-ring (bicyclic) bond motifs is 1. The van der Waals surface area contributed by atoms with Gasteiger partial charge in [-0.3, -0.25) is 4.90 Å². The normalized spacial score (nSPS) is 16.1. The number of rotatable bonds is 6. The maximum absolute atomic E-state index is 5.55. The van der Waals surface area contributed by atoms with E-state index in [0.717, 1.165) is 66.0 Å². The van der Waals surface area contributed by atoms with Gasteiger partial charge >= 0.3 is 0 Å². The fourth-order valence-electron chi connectivity index (χ4n) is 3.74. The van der Waals surface area contributed by atoms with Crippen LogP contribution in [0.1, 0.15) is 34.8 Å². The van der Waals surface area contributed by atoms with E-state index in [1.807, 2.05) is 18.2 Å². The second-order valence-corrected chi connectivity index (χ2v) is 8.65. The monoisotopic (exact) mass is 412 g/mol. The molecule has 1 fully saturated rings. The van der Waals surface area contributed by atoms with Crippen LogP contribution in [0.25, 0.3) is 10.2 Å². The molecule has 1 aliphatic rings. The molecule has 1 saturated heterocycles. The molecular weight excluding hydrogens is 384 g/mol. The molecule has 4 rings (SSSR count). The van der Waals surface area contributed by atoms with Crippen molar-refractivity contribution < 1.29 is 9.47 Å². The summed E-state index contributed by atoms with van der Waals surface area (Å²) in [5.74, 6) is 2.64. The molecule has 0 amide bonds. The van der Waals surface area contributed by atoms with Crippen molar-refractivity contribution in [3.05, 3.63) is 46.1 Å². The van der Waals surface area contributed by atoms with Crippen molar-refractivity contribution in [2.24, 2.45) is 0 Å². The molecule has 2 aromatic heterocycles. The van der Waals surface area contributed by atoms with Gasteiger partial charge < -0.3 is 14.8 Å². The van der Waals surface area contributed by atoms with Crippen LogP contribution in [0.2, 0.25) is 0 Å². The Morgan fingerprint density at radius 2 is 1.97 bits per heavy atom. The Bertz CT molecular complexity index is 998. The number of morpholine rings is 1. The average molecular weight is 413 g/mol. The van der Waals surface area contributed by atoms with Crippen LogP contribution in [0.3, 0.4) is 0 Å². The lowest BCUT2D eigenvalue weighted by Gasteiger charge is -2.26. The van der Waals surface area contributed by atoms with Crippen molar-refractivity contribution in [3.8, 4) is 5.75 Å².